The molecule has 0 spiro atoms. The van der Waals surface area contributed by atoms with Crippen molar-refractivity contribution in [2.24, 2.45) is 0 Å². The number of nitro benzene ring substituents is 1. The Hall–Kier alpha value is -2.54. The molecule has 1 aliphatic carbocycles. The van der Waals surface area contributed by atoms with Gasteiger partial charge in [-0.2, -0.15) is 0 Å². The van der Waals surface area contributed by atoms with Crippen molar-refractivity contribution in [3.05, 3.63) is 58.6 Å². The second kappa shape index (κ2) is 8.90. The van der Waals surface area contributed by atoms with Crippen LogP contribution in [0.15, 0.2) is 53.4 Å². The van der Waals surface area contributed by atoms with Crippen LogP contribution in [-0.4, -0.2) is 22.2 Å². The number of thioether (sulfide) groups is 1. The highest BCUT2D eigenvalue weighted by molar-refractivity contribution is 8.00. The Morgan fingerprint density at radius 3 is 2.59 bits per heavy atom. The molecule has 1 saturated carbocycles. The lowest BCUT2D eigenvalue weighted by Crippen LogP contribution is -2.22. The van der Waals surface area contributed by atoms with E-state index in [0.29, 0.717) is 5.69 Å². The zero-order valence-electron chi connectivity index (χ0n) is 15.1. The maximum atomic E-state index is 12.5. The largest absolute Gasteiger partial charge is 0.490 e. The molecule has 1 unspecified atom stereocenters. The van der Waals surface area contributed by atoms with Gasteiger partial charge in [0, 0.05) is 28.8 Å². The number of hydrogen-bond acceptors (Lipinski definition) is 5. The van der Waals surface area contributed by atoms with Crippen LogP contribution in [0.5, 0.6) is 5.75 Å². The summed E-state index contributed by atoms with van der Waals surface area (Å²) in [5.74, 6) is 0.645. The smallest absolute Gasteiger partial charge is 0.269 e. The van der Waals surface area contributed by atoms with Gasteiger partial charge < -0.3 is 10.1 Å². The number of nitrogens with one attached hydrogen (secondary N) is 1. The molecule has 27 heavy (non-hydrogen) atoms. The number of amides is 1. The van der Waals surface area contributed by atoms with Gasteiger partial charge in [-0.1, -0.05) is 6.07 Å². The van der Waals surface area contributed by atoms with Gasteiger partial charge in [0.1, 0.15) is 5.75 Å². The number of non-ortho nitro benzene ring substituents is 1. The zero-order valence-corrected chi connectivity index (χ0v) is 15.9. The van der Waals surface area contributed by atoms with Crippen LogP contribution in [0, 0.1) is 10.1 Å². The van der Waals surface area contributed by atoms with Crippen LogP contribution in [0.2, 0.25) is 0 Å². The summed E-state index contributed by atoms with van der Waals surface area (Å²) in [5.41, 5.74) is 0.738. The van der Waals surface area contributed by atoms with E-state index in [-0.39, 0.29) is 22.9 Å². The third kappa shape index (κ3) is 5.47. The molecule has 0 saturated heterocycles. The van der Waals surface area contributed by atoms with Crippen LogP contribution < -0.4 is 10.1 Å². The van der Waals surface area contributed by atoms with Crippen molar-refractivity contribution in [3.63, 3.8) is 0 Å². The normalized spacial score (nSPS) is 15.3. The van der Waals surface area contributed by atoms with Crippen molar-refractivity contribution in [2.45, 2.75) is 48.9 Å². The highest BCUT2D eigenvalue weighted by atomic mass is 32.2. The maximum absolute atomic E-state index is 12.5. The predicted molar refractivity (Wildman–Crippen MR) is 106 cm³/mol. The van der Waals surface area contributed by atoms with E-state index in [9.17, 15) is 14.9 Å². The predicted octanol–water partition coefficient (Wildman–Crippen LogP) is 5.04. The van der Waals surface area contributed by atoms with Crippen LogP contribution in [0.25, 0.3) is 0 Å². The van der Waals surface area contributed by atoms with Gasteiger partial charge in [0.25, 0.3) is 5.69 Å². The Morgan fingerprint density at radius 1 is 1.22 bits per heavy atom. The summed E-state index contributed by atoms with van der Waals surface area (Å²) in [5, 5.41) is 13.3. The minimum Gasteiger partial charge on any atom is -0.490 e. The number of benzene rings is 2. The standard InChI is InChI=1S/C20H22N2O4S/c1-14(27-19-11-9-16(10-12-19)22(24)25)20(23)21-15-5-4-8-18(13-15)26-17-6-2-3-7-17/h4-5,8-14,17H,2-3,6-7H2,1H3,(H,21,23). The third-order valence-electron chi connectivity index (χ3n) is 4.44. The zero-order chi connectivity index (χ0) is 19.2. The molecule has 0 aliphatic heterocycles. The monoisotopic (exact) mass is 386 g/mol. The van der Waals surface area contributed by atoms with Gasteiger partial charge in [0.2, 0.25) is 5.91 Å². The molecule has 1 N–H and O–H groups in total. The van der Waals surface area contributed by atoms with E-state index in [1.54, 1.807) is 19.1 Å². The molecule has 1 fully saturated rings. The minimum absolute atomic E-state index is 0.0375. The third-order valence-corrected chi connectivity index (χ3v) is 5.55. The molecule has 1 atom stereocenters. The van der Waals surface area contributed by atoms with Gasteiger partial charge in [-0.15, -0.1) is 11.8 Å². The van der Waals surface area contributed by atoms with Gasteiger partial charge in [-0.3, -0.25) is 14.9 Å². The van der Waals surface area contributed by atoms with Gasteiger partial charge in [-0.05, 0) is 56.9 Å². The van der Waals surface area contributed by atoms with E-state index in [0.717, 1.165) is 23.5 Å². The quantitative estimate of drug-likeness (QED) is 0.410. The lowest BCUT2D eigenvalue weighted by molar-refractivity contribution is -0.384. The molecule has 6 nitrogen and oxygen atoms in total. The molecule has 142 valence electrons. The summed E-state index contributed by atoms with van der Waals surface area (Å²) in [7, 11) is 0. The van der Waals surface area contributed by atoms with Crippen molar-refractivity contribution in [1.82, 2.24) is 0 Å². The number of hydrogen-bond donors (Lipinski definition) is 1. The van der Waals surface area contributed by atoms with Crippen LogP contribution in [0.4, 0.5) is 11.4 Å². The lowest BCUT2D eigenvalue weighted by Gasteiger charge is -2.15. The molecule has 1 amide bonds. The van der Waals surface area contributed by atoms with Crippen molar-refractivity contribution in [3.8, 4) is 5.75 Å². The fraction of sp³-hybridized carbons (Fsp3) is 0.350. The second-order valence-electron chi connectivity index (χ2n) is 6.55. The van der Waals surface area contributed by atoms with E-state index in [4.69, 9.17) is 4.74 Å². The number of rotatable bonds is 7. The number of ether oxygens (including phenoxy) is 1. The van der Waals surface area contributed by atoms with Crippen molar-refractivity contribution in [2.75, 3.05) is 5.32 Å². The fourth-order valence-electron chi connectivity index (χ4n) is 2.99. The van der Waals surface area contributed by atoms with Crippen molar-refractivity contribution in [1.29, 1.82) is 0 Å². The lowest BCUT2D eigenvalue weighted by atomic mass is 10.2. The topological polar surface area (TPSA) is 81.5 Å². The Labute approximate surface area is 162 Å². The Morgan fingerprint density at radius 2 is 1.93 bits per heavy atom. The second-order valence-corrected chi connectivity index (χ2v) is 7.97. The molecule has 3 rings (SSSR count). The van der Waals surface area contributed by atoms with Crippen molar-refractivity contribution < 1.29 is 14.5 Å². The first kappa shape index (κ1) is 19.2. The molecule has 2 aromatic rings. The van der Waals surface area contributed by atoms with Crippen LogP contribution >= 0.6 is 11.8 Å². The molecule has 0 radical (unpaired) electrons. The van der Waals surface area contributed by atoms with E-state index >= 15 is 0 Å². The maximum Gasteiger partial charge on any atom is 0.269 e. The summed E-state index contributed by atoms with van der Waals surface area (Å²) >= 11 is 1.36. The number of anilines is 1. The Balaban J connectivity index is 1.56. The first-order valence-corrected chi connectivity index (χ1v) is 9.88. The van der Waals surface area contributed by atoms with Crippen LogP contribution in [0.1, 0.15) is 32.6 Å². The summed E-state index contributed by atoms with van der Waals surface area (Å²) in [4.78, 5) is 23.5. The summed E-state index contributed by atoms with van der Waals surface area (Å²) < 4.78 is 5.97. The van der Waals surface area contributed by atoms with E-state index in [1.165, 1.54) is 36.7 Å². The number of carbonyl (C=O) groups is 1. The van der Waals surface area contributed by atoms with Gasteiger partial charge >= 0.3 is 0 Å². The molecular weight excluding hydrogens is 364 g/mol. The number of nitrogens with zero attached hydrogens (tertiary/aromatic N) is 1. The van der Waals surface area contributed by atoms with Crippen LogP contribution in [-0.2, 0) is 4.79 Å². The average molecular weight is 386 g/mol. The minimum atomic E-state index is -0.439. The summed E-state index contributed by atoms with van der Waals surface area (Å²) in [6.45, 7) is 1.81. The molecule has 0 heterocycles. The van der Waals surface area contributed by atoms with Gasteiger partial charge in [-0.25, -0.2) is 0 Å². The van der Waals surface area contributed by atoms with E-state index in [2.05, 4.69) is 5.32 Å². The van der Waals surface area contributed by atoms with E-state index < -0.39 is 4.92 Å². The highest BCUT2D eigenvalue weighted by Gasteiger charge is 2.18. The van der Waals surface area contributed by atoms with Gasteiger partial charge in [0.05, 0.1) is 16.3 Å². The summed E-state index contributed by atoms with van der Waals surface area (Å²) in [6, 6.07) is 13.7. The van der Waals surface area contributed by atoms with Crippen molar-refractivity contribution >= 4 is 29.0 Å². The first-order chi connectivity index (χ1) is 13.0. The Kier molecular flexibility index (Phi) is 6.34. The fourth-order valence-corrected chi connectivity index (χ4v) is 3.86. The van der Waals surface area contributed by atoms with Gasteiger partial charge in [0.15, 0.2) is 0 Å². The molecule has 0 bridgehead atoms. The average Bonchev–Trinajstić information content (AvgIpc) is 3.15. The Bertz CT molecular complexity index is 804. The molecule has 1 aliphatic rings. The number of nitro groups is 1. The van der Waals surface area contributed by atoms with Crippen LogP contribution in [0.3, 0.4) is 0 Å². The molecule has 0 aromatic heterocycles. The molecule has 7 heteroatoms. The summed E-state index contributed by atoms with van der Waals surface area (Å²) in [6.07, 6.45) is 4.85. The number of carbonyl (C=O) groups excluding carboxylic acids is 1. The van der Waals surface area contributed by atoms with E-state index in [1.807, 2.05) is 24.3 Å². The highest BCUT2D eigenvalue weighted by Crippen LogP contribution is 2.28. The molecule has 2 aromatic carbocycles. The SMILES string of the molecule is CC(Sc1ccc([N+](=O)[O-])cc1)C(=O)Nc1cccc(OC2CCCC2)c1. The first-order valence-electron chi connectivity index (χ1n) is 9.00. The molecular formula is C20H22N2O4S.